The number of nitrogens with zero attached hydrogens (tertiary/aromatic N) is 1. The molecule has 0 fully saturated rings. The molecule has 0 saturated heterocycles. The maximum absolute atomic E-state index is 12.2. The van der Waals surface area contributed by atoms with Gasteiger partial charge in [-0.1, -0.05) is 111 Å². The zero-order valence-corrected chi connectivity index (χ0v) is 29.7. The highest BCUT2D eigenvalue weighted by Crippen LogP contribution is 2.46. The van der Waals surface area contributed by atoms with E-state index in [1.165, 1.54) is 21.9 Å². The second-order valence-electron chi connectivity index (χ2n) is 16.5. The van der Waals surface area contributed by atoms with Gasteiger partial charge in [0.1, 0.15) is 5.75 Å². The molecule has 0 atom stereocenters. The van der Waals surface area contributed by atoms with Gasteiger partial charge in [0.15, 0.2) is 0 Å². The van der Waals surface area contributed by atoms with Crippen molar-refractivity contribution < 1.29 is 5.11 Å². The smallest absolute Gasteiger partial charge is 0.147 e. The van der Waals surface area contributed by atoms with Crippen molar-refractivity contribution in [1.29, 1.82) is 0 Å². The standard InChI is InChI=1S/C40H47Cl2NO/c1-37(2,3)23-40(10,11)27-20-30(24-16-28(41)22-29(42)17-24)36(44)35(21-27)43-33-14-12-25(38(4,5)6)18-31(33)32-19-26(39(7,8)9)13-15-34(32)43/h12-22,44H,23H2,1-11H3. The van der Waals surface area contributed by atoms with Gasteiger partial charge in [-0.3, -0.25) is 0 Å². The van der Waals surface area contributed by atoms with Crippen LogP contribution in [0.1, 0.15) is 99.3 Å². The average Bonchev–Trinajstić information content (AvgIpc) is 3.18. The number of phenolic OH excluding ortho intramolecular Hbond substituents is 1. The van der Waals surface area contributed by atoms with E-state index >= 15 is 0 Å². The predicted octanol–water partition coefficient (Wildman–Crippen LogP) is 12.8. The minimum atomic E-state index is -0.171. The molecule has 0 aliphatic rings. The number of fused-ring (bicyclic) bond motifs is 3. The van der Waals surface area contributed by atoms with Crippen LogP contribution in [0.2, 0.25) is 10.0 Å². The molecule has 44 heavy (non-hydrogen) atoms. The van der Waals surface area contributed by atoms with Crippen molar-refractivity contribution >= 4 is 45.0 Å². The molecule has 0 spiro atoms. The molecule has 5 aromatic rings. The van der Waals surface area contributed by atoms with E-state index in [1.54, 1.807) is 6.07 Å². The lowest BCUT2D eigenvalue weighted by atomic mass is 9.71. The third-order valence-corrected chi connectivity index (χ3v) is 9.19. The molecule has 5 rings (SSSR count). The van der Waals surface area contributed by atoms with Crippen molar-refractivity contribution in [3.63, 3.8) is 0 Å². The fraction of sp³-hybridized carbons (Fsp3) is 0.400. The van der Waals surface area contributed by atoms with E-state index in [1.807, 2.05) is 12.1 Å². The summed E-state index contributed by atoms with van der Waals surface area (Å²) < 4.78 is 2.24. The first-order valence-corrected chi connectivity index (χ1v) is 16.3. The van der Waals surface area contributed by atoms with Crippen molar-refractivity contribution in [2.24, 2.45) is 5.41 Å². The average molecular weight is 629 g/mol. The van der Waals surface area contributed by atoms with Gasteiger partial charge in [-0.25, -0.2) is 0 Å². The second kappa shape index (κ2) is 10.8. The Morgan fingerprint density at radius 1 is 0.591 bits per heavy atom. The normalized spacial score (nSPS) is 13.3. The van der Waals surface area contributed by atoms with E-state index in [0.717, 1.165) is 39.8 Å². The molecule has 0 aliphatic heterocycles. The number of benzene rings is 4. The monoisotopic (exact) mass is 627 g/mol. The summed E-state index contributed by atoms with van der Waals surface area (Å²) in [6.45, 7) is 24.9. The fourth-order valence-electron chi connectivity index (χ4n) is 6.75. The lowest BCUT2D eigenvalue weighted by molar-refractivity contribution is 0.284. The fourth-order valence-corrected chi connectivity index (χ4v) is 7.28. The molecule has 2 nitrogen and oxygen atoms in total. The Hall–Kier alpha value is -2.94. The summed E-state index contributed by atoms with van der Waals surface area (Å²) in [4.78, 5) is 0. The van der Waals surface area contributed by atoms with Gasteiger partial charge in [-0.2, -0.15) is 0 Å². The molecular weight excluding hydrogens is 581 g/mol. The number of aromatic hydroxyl groups is 1. The first-order valence-electron chi connectivity index (χ1n) is 15.6. The Labute approximate surface area is 274 Å². The van der Waals surface area contributed by atoms with Crippen LogP contribution in [0, 0.1) is 5.41 Å². The highest BCUT2D eigenvalue weighted by atomic mass is 35.5. The first-order chi connectivity index (χ1) is 20.2. The molecule has 1 heterocycles. The summed E-state index contributed by atoms with van der Waals surface area (Å²) in [6.07, 6.45) is 0.969. The summed E-state index contributed by atoms with van der Waals surface area (Å²) in [5.74, 6) is 0.206. The van der Waals surface area contributed by atoms with Crippen LogP contribution in [0.4, 0.5) is 0 Å². The molecule has 0 amide bonds. The van der Waals surface area contributed by atoms with Crippen LogP contribution in [0.15, 0.2) is 66.7 Å². The molecule has 0 saturated carbocycles. The van der Waals surface area contributed by atoms with Crippen molar-refractivity contribution in [2.75, 3.05) is 0 Å². The first kappa shape index (κ1) is 32.5. The minimum Gasteiger partial charge on any atom is -0.505 e. The summed E-state index contributed by atoms with van der Waals surface area (Å²) in [5, 5.41) is 15.6. The maximum Gasteiger partial charge on any atom is 0.147 e. The number of rotatable bonds is 4. The van der Waals surface area contributed by atoms with Crippen molar-refractivity contribution in [3.8, 4) is 22.6 Å². The van der Waals surface area contributed by atoms with E-state index in [4.69, 9.17) is 23.2 Å². The van der Waals surface area contributed by atoms with Crippen LogP contribution >= 0.6 is 23.2 Å². The Balaban J connectivity index is 1.92. The molecule has 0 radical (unpaired) electrons. The van der Waals surface area contributed by atoms with Crippen LogP contribution in [0.3, 0.4) is 0 Å². The Bertz CT molecular complexity index is 1800. The van der Waals surface area contributed by atoms with Crippen LogP contribution < -0.4 is 0 Å². The van der Waals surface area contributed by atoms with E-state index in [0.29, 0.717) is 10.0 Å². The molecule has 0 aliphatic carbocycles. The summed E-state index contributed by atoms with van der Waals surface area (Å²) in [5.41, 5.74) is 8.05. The molecule has 0 bridgehead atoms. The largest absolute Gasteiger partial charge is 0.505 e. The van der Waals surface area contributed by atoms with Crippen LogP contribution in [-0.4, -0.2) is 9.67 Å². The number of hydrogen-bond donors (Lipinski definition) is 1. The van der Waals surface area contributed by atoms with Gasteiger partial charge in [0.05, 0.1) is 16.7 Å². The van der Waals surface area contributed by atoms with Crippen LogP contribution in [0.25, 0.3) is 38.6 Å². The predicted molar refractivity (Wildman–Crippen MR) is 192 cm³/mol. The molecule has 1 aromatic heterocycles. The summed E-state index contributed by atoms with van der Waals surface area (Å²) in [6, 6.07) is 23.4. The van der Waals surface area contributed by atoms with E-state index in [9.17, 15) is 5.11 Å². The van der Waals surface area contributed by atoms with Crippen LogP contribution in [0.5, 0.6) is 5.75 Å². The quantitative estimate of drug-likeness (QED) is 0.210. The summed E-state index contributed by atoms with van der Waals surface area (Å²) in [7, 11) is 0. The van der Waals surface area contributed by atoms with E-state index in [-0.39, 0.29) is 27.4 Å². The number of aromatic nitrogens is 1. The van der Waals surface area contributed by atoms with Gasteiger partial charge in [-0.15, -0.1) is 0 Å². The van der Waals surface area contributed by atoms with Gasteiger partial charge in [0.25, 0.3) is 0 Å². The highest BCUT2D eigenvalue weighted by Gasteiger charge is 2.30. The molecule has 1 N–H and O–H groups in total. The zero-order valence-electron chi connectivity index (χ0n) is 28.2. The topological polar surface area (TPSA) is 25.2 Å². The lowest BCUT2D eigenvalue weighted by Gasteiger charge is -2.34. The van der Waals surface area contributed by atoms with E-state index < -0.39 is 0 Å². The number of halogens is 2. The van der Waals surface area contributed by atoms with Gasteiger partial charge in [0, 0.05) is 26.4 Å². The molecular formula is C40H47Cl2NO. The molecule has 232 valence electrons. The van der Waals surface area contributed by atoms with Crippen molar-refractivity contribution in [2.45, 2.75) is 98.8 Å². The third-order valence-electron chi connectivity index (χ3n) is 8.76. The molecule has 0 unspecified atom stereocenters. The summed E-state index contributed by atoms with van der Waals surface area (Å²) >= 11 is 13.0. The second-order valence-corrected chi connectivity index (χ2v) is 17.3. The Morgan fingerprint density at radius 2 is 1.07 bits per heavy atom. The van der Waals surface area contributed by atoms with Crippen molar-refractivity contribution in [3.05, 3.63) is 93.5 Å². The minimum absolute atomic E-state index is 0.00228. The Morgan fingerprint density at radius 3 is 1.50 bits per heavy atom. The van der Waals surface area contributed by atoms with Crippen LogP contribution in [-0.2, 0) is 16.2 Å². The molecule has 4 heteroatoms. The van der Waals surface area contributed by atoms with Gasteiger partial charge < -0.3 is 9.67 Å². The van der Waals surface area contributed by atoms with Crippen molar-refractivity contribution in [1.82, 2.24) is 4.57 Å². The molecule has 4 aromatic carbocycles. The van der Waals surface area contributed by atoms with Gasteiger partial charge in [0.2, 0.25) is 0 Å². The maximum atomic E-state index is 12.2. The number of hydrogen-bond acceptors (Lipinski definition) is 1. The lowest BCUT2D eigenvalue weighted by Crippen LogP contribution is -2.25. The zero-order chi connectivity index (χ0) is 32.6. The number of phenols is 1. The van der Waals surface area contributed by atoms with Gasteiger partial charge >= 0.3 is 0 Å². The van der Waals surface area contributed by atoms with E-state index in [2.05, 4.69) is 129 Å². The Kier molecular flexibility index (Phi) is 8.00. The highest BCUT2D eigenvalue weighted by molar-refractivity contribution is 6.35. The van der Waals surface area contributed by atoms with Gasteiger partial charge in [-0.05, 0) is 105 Å². The third kappa shape index (κ3) is 6.26. The SMILES string of the molecule is CC(C)(C)CC(C)(C)c1cc(-c2cc(Cl)cc(Cl)c2)c(O)c(-n2c3ccc(C(C)(C)C)cc3c3cc(C(C)(C)C)ccc32)c1.